The highest BCUT2D eigenvalue weighted by molar-refractivity contribution is 5.93. The Morgan fingerprint density at radius 2 is 1.93 bits per heavy atom. The van der Waals surface area contributed by atoms with E-state index in [-0.39, 0.29) is 18.6 Å². The molecule has 3 rings (SSSR count). The number of carbonyl (C=O) groups is 2. The third kappa shape index (κ3) is 5.26. The van der Waals surface area contributed by atoms with E-state index in [1.807, 2.05) is 30.1 Å². The fourth-order valence-corrected chi connectivity index (χ4v) is 3.44. The fourth-order valence-electron chi connectivity index (χ4n) is 3.44. The van der Waals surface area contributed by atoms with E-state index in [0.717, 1.165) is 24.5 Å². The van der Waals surface area contributed by atoms with E-state index in [1.165, 1.54) is 7.11 Å². The topological polar surface area (TPSA) is 71.1 Å². The summed E-state index contributed by atoms with van der Waals surface area (Å²) in [5.41, 5.74) is 2.19. The van der Waals surface area contributed by atoms with Crippen LogP contribution < -0.4 is 15.0 Å². The molecular formula is C22H27N3O4. The summed E-state index contributed by atoms with van der Waals surface area (Å²) < 4.78 is 10.8. The number of benzene rings is 2. The number of amides is 1. The summed E-state index contributed by atoms with van der Waals surface area (Å²) in [5.74, 6) is 0.355. The van der Waals surface area contributed by atoms with Crippen molar-refractivity contribution < 1.29 is 19.1 Å². The molecule has 0 bridgehead atoms. The van der Waals surface area contributed by atoms with Gasteiger partial charge in [0.15, 0.2) is 0 Å². The van der Waals surface area contributed by atoms with Crippen molar-refractivity contribution in [1.82, 2.24) is 4.90 Å². The number of para-hydroxylation sites is 2. The number of carbonyl (C=O) groups excluding carboxylic acids is 2. The molecule has 1 aliphatic rings. The Hall–Kier alpha value is -3.06. The van der Waals surface area contributed by atoms with Crippen LogP contribution in [0.5, 0.6) is 5.75 Å². The smallest absolute Gasteiger partial charge is 0.337 e. The molecule has 1 N–H and O–H groups in total. The third-order valence-corrected chi connectivity index (χ3v) is 4.82. The number of rotatable bonds is 7. The Kier molecular flexibility index (Phi) is 6.72. The Bertz CT molecular complexity index is 853. The van der Waals surface area contributed by atoms with Gasteiger partial charge in [-0.05, 0) is 50.4 Å². The van der Waals surface area contributed by atoms with Gasteiger partial charge in [-0.15, -0.1) is 0 Å². The SMILES string of the molecule is CCN1CC(CN(C)CC(=O)Nc2ccc(C(=O)OC)cc2)Oc2ccccc21. The van der Waals surface area contributed by atoms with E-state index in [9.17, 15) is 9.59 Å². The van der Waals surface area contributed by atoms with Gasteiger partial charge >= 0.3 is 5.97 Å². The molecule has 0 saturated heterocycles. The minimum atomic E-state index is -0.405. The lowest BCUT2D eigenvalue weighted by Crippen LogP contribution is -2.46. The lowest BCUT2D eigenvalue weighted by Gasteiger charge is -2.37. The third-order valence-electron chi connectivity index (χ3n) is 4.82. The van der Waals surface area contributed by atoms with Crippen molar-refractivity contribution in [2.24, 2.45) is 0 Å². The minimum Gasteiger partial charge on any atom is -0.485 e. The van der Waals surface area contributed by atoms with Crippen LogP contribution in [0.15, 0.2) is 48.5 Å². The highest BCUT2D eigenvalue weighted by Crippen LogP contribution is 2.32. The van der Waals surface area contributed by atoms with Crippen molar-refractivity contribution in [2.75, 3.05) is 50.6 Å². The average molecular weight is 397 g/mol. The molecule has 7 heteroatoms. The summed E-state index contributed by atoms with van der Waals surface area (Å²) in [7, 11) is 3.24. The van der Waals surface area contributed by atoms with Gasteiger partial charge in [-0.3, -0.25) is 9.69 Å². The molecule has 0 spiro atoms. The molecule has 0 aromatic heterocycles. The van der Waals surface area contributed by atoms with Crippen molar-refractivity contribution in [2.45, 2.75) is 13.0 Å². The predicted molar refractivity (Wildman–Crippen MR) is 113 cm³/mol. The first kappa shape index (κ1) is 20.7. The second kappa shape index (κ2) is 9.43. The van der Waals surface area contributed by atoms with Gasteiger partial charge in [-0.1, -0.05) is 12.1 Å². The molecule has 1 heterocycles. The molecule has 7 nitrogen and oxygen atoms in total. The van der Waals surface area contributed by atoms with Crippen LogP contribution in [0.2, 0.25) is 0 Å². The van der Waals surface area contributed by atoms with Crippen molar-refractivity contribution >= 4 is 23.3 Å². The van der Waals surface area contributed by atoms with Gasteiger partial charge in [0.2, 0.25) is 5.91 Å². The maximum absolute atomic E-state index is 12.4. The Balaban J connectivity index is 1.52. The van der Waals surface area contributed by atoms with Crippen molar-refractivity contribution in [3.05, 3.63) is 54.1 Å². The number of nitrogens with zero attached hydrogens (tertiary/aromatic N) is 2. The molecule has 0 radical (unpaired) electrons. The number of methoxy groups -OCH3 is 1. The second-order valence-corrected chi connectivity index (χ2v) is 7.06. The number of nitrogens with one attached hydrogen (secondary N) is 1. The number of likely N-dealkylation sites (N-methyl/N-ethyl adjacent to an activating group) is 2. The van der Waals surface area contributed by atoms with Gasteiger partial charge < -0.3 is 19.7 Å². The van der Waals surface area contributed by atoms with Crippen molar-refractivity contribution in [1.29, 1.82) is 0 Å². The van der Waals surface area contributed by atoms with Crippen LogP contribution in [0.1, 0.15) is 17.3 Å². The van der Waals surface area contributed by atoms with Crippen LogP contribution in [-0.2, 0) is 9.53 Å². The second-order valence-electron chi connectivity index (χ2n) is 7.06. The van der Waals surface area contributed by atoms with E-state index in [0.29, 0.717) is 17.8 Å². The number of esters is 1. The van der Waals surface area contributed by atoms with E-state index in [4.69, 9.17) is 4.74 Å². The monoisotopic (exact) mass is 397 g/mol. The highest BCUT2D eigenvalue weighted by atomic mass is 16.5. The summed E-state index contributed by atoms with van der Waals surface area (Å²) >= 11 is 0. The summed E-state index contributed by atoms with van der Waals surface area (Å²) in [4.78, 5) is 28.1. The number of hydrogen-bond acceptors (Lipinski definition) is 6. The Morgan fingerprint density at radius 1 is 1.21 bits per heavy atom. The molecule has 1 unspecified atom stereocenters. The normalized spacial score (nSPS) is 15.4. The van der Waals surface area contributed by atoms with E-state index < -0.39 is 5.97 Å². The summed E-state index contributed by atoms with van der Waals surface area (Å²) in [5, 5.41) is 2.85. The number of fused-ring (bicyclic) bond motifs is 1. The molecule has 0 aliphatic carbocycles. The molecule has 0 saturated carbocycles. The summed E-state index contributed by atoms with van der Waals surface area (Å²) in [6, 6.07) is 14.6. The number of hydrogen-bond donors (Lipinski definition) is 1. The largest absolute Gasteiger partial charge is 0.485 e. The standard InChI is InChI=1S/C22H27N3O4/c1-4-25-14-18(29-20-8-6-5-7-19(20)25)13-24(2)15-21(26)23-17-11-9-16(10-12-17)22(27)28-3/h5-12,18H,4,13-15H2,1-3H3,(H,23,26). The maximum Gasteiger partial charge on any atom is 0.337 e. The molecule has 2 aromatic rings. The Labute approximate surface area is 171 Å². The molecule has 1 amide bonds. The van der Waals surface area contributed by atoms with Crippen LogP contribution in [0.25, 0.3) is 0 Å². The lowest BCUT2D eigenvalue weighted by atomic mass is 10.2. The molecule has 2 aromatic carbocycles. The van der Waals surface area contributed by atoms with Gasteiger partial charge in [0.05, 0.1) is 31.5 Å². The fraction of sp³-hybridized carbons (Fsp3) is 0.364. The molecule has 1 aliphatic heterocycles. The van der Waals surface area contributed by atoms with Crippen LogP contribution >= 0.6 is 0 Å². The Morgan fingerprint density at radius 3 is 2.62 bits per heavy atom. The van der Waals surface area contributed by atoms with Gasteiger partial charge in [0, 0.05) is 18.8 Å². The van der Waals surface area contributed by atoms with E-state index in [2.05, 4.69) is 27.9 Å². The van der Waals surface area contributed by atoms with Gasteiger partial charge in [0.1, 0.15) is 11.9 Å². The minimum absolute atomic E-state index is 0.0120. The maximum atomic E-state index is 12.4. The van der Waals surface area contributed by atoms with Crippen LogP contribution in [0.4, 0.5) is 11.4 Å². The lowest BCUT2D eigenvalue weighted by molar-refractivity contribution is -0.117. The summed E-state index contributed by atoms with van der Waals surface area (Å²) in [6.07, 6.45) is -0.0120. The first-order chi connectivity index (χ1) is 14.0. The van der Waals surface area contributed by atoms with Crippen LogP contribution in [0.3, 0.4) is 0 Å². The number of anilines is 2. The zero-order valence-corrected chi connectivity index (χ0v) is 17.1. The number of ether oxygens (including phenoxy) is 2. The zero-order chi connectivity index (χ0) is 20.8. The van der Waals surface area contributed by atoms with E-state index in [1.54, 1.807) is 24.3 Å². The molecule has 29 heavy (non-hydrogen) atoms. The molecule has 1 atom stereocenters. The van der Waals surface area contributed by atoms with E-state index >= 15 is 0 Å². The zero-order valence-electron chi connectivity index (χ0n) is 17.1. The highest BCUT2D eigenvalue weighted by Gasteiger charge is 2.25. The predicted octanol–water partition coefficient (Wildman–Crippen LogP) is 2.63. The van der Waals surface area contributed by atoms with Crippen LogP contribution in [-0.4, -0.2) is 63.2 Å². The van der Waals surface area contributed by atoms with Crippen molar-refractivity contribution in [3.63, 3.8) is 0 Å². The van der Waals surface area contributed by atoms with Crippen molar-refractivity contribution in [3.8, 4) is 5.75 Å². The quantitative estimate of drug-likeness (QED) is 0.725. The van der Waals surface area contributed by atoms with Crippen LogP contribution in [0, 0.1) is 0 Å². The molecule has 0 fully saturated rings. The first-order valence-electron chi connectivity index (χ1n) is 9.67. The molecular weight excluding hydrogens is 370 g/mol. The molecule has 154 valence electrons. The average Bonchev–Trinajstić information content (AvgIpc) is 2.72. The van der Waals surface area contributed by atoms with Gasteiger partial charge in [-0.2, -0.15) is 0 Å². The first-order valence-corrected chi connectivity index (χ1v) is 9.67. The van der Waals surface area contributed by atoms with Gasteiger partial charge in [0.25, 0.3) is 0 Å². The summed E-state index contributed by atoms with van der Waals surface area (Å²) in [6.45, 7) is 4.70. The van der Waals surface area contributed by atoms with Gasteiger partial charge in [-0.25, -0.2) is 4.79 Å².